The van der Waals surface area contributed by atoms with Crippen molar-refractivity contribution < 1.29 is 9.53 Å². The smallest absolute Gasteiger partial charge is 0.338 e. The zero-order valence-corrected chi connectivity index (χ0v) is 18.1. The van der Waals surface area contributed by atoms with E-state index in [0.717, 1.165) is 4.88 Å². The molecule has 29 heavy (non-hydrogen) atoms. The van der Waals surface area contributed by atoms with Crippen molar-refractivity contribution in [1.29, 1.82) is 0 Å². The van der Waals surface area contributed by atoms with Crippen LogP contribution in [0.25, 0.3) is 6.08 Å². The fraction of sp³-hybridized carbons (Fsp3) is 0.190. The van der Waals surface area contributed by atoms with Crippen LogP contribution in [0.1, 0.15) is 30.3 Å². The number of nitrogens with zero attached hydrogens (tertiary/aromatic N) is 2. The van der Waals surface area contributed by atoms with Crippen LogP contribution in [0.2, 0.25) is 5.02 Å². The number of carbonyl (C=O) groups excluding carboxylic acids is 1. The lowest BCUT2D eigenvalue weighted by atomic mass is 9.96. The summed E-state index contributed by atoms with van der Waals surface area (Å²) in [6.07, 6.45) is 1.85. The molecular weight excluding hydrogens is 428 g/mol. The van der Waals surface area contributed by atoms with Gasteiger partial charge in [-0.1, -0.05) is 47.2 Å². The van der Waals surface area contributed by atoms with Crippen molar-refractivity contribution in [2.45, 2.75) is 19.9 Å². The minimum absolute atomic E-state index is 0.207. The molecule has 4 rings (SSSR count). The van der Waals surface area contributed by atoms with Crippen LogP contribution in [-0.2, 0) is 9.53 Å². The minimum Gasteiger partial charge on any atom is -0.463 e. The largest absolute Gasteiger partial charge is 0.463 e. The second kappa shape index (κ2) is 8.10. The Morgan fingerprint density at radius 3 is 2.79 bits per heavy atom. The standard InChI is InChI=1S/C21H17ClN2O3S2/c1-3-27-20(26)17-12(2)23-21-24(18(17)14-8-4-5-9-15(14)22)19(25)16(29-21)11-13-7-6-10-28-13/h4-11,18H,3H2,1-2H3/b16-11+. The average molecular weight is 445 g/mol. The van der Waals surface area contributed by atoms with Crippen LogP contribution in [-0.4, -0.2) is 17.1 Å². The Morgan fingerprint density at radius 1 is 1.31 bits per heavy atom. The van der Waals surface area contributed by atoms with Crippen molar-refractivity contribution in [3.63, 3.8) is 0 Å². The number of esters is 1. The van der Waals surface area contributed by atoms with E-state index in [0.29, 0.717) is 31.2 Å². The molecule has 1 atom stereocenters. The number of aromatic nitrogens is 1. The van der Waals surface area contributed by atoms with Crippen LogP contribution in [0.15, 0.2) is 62.8 Å². The highest BCUT2D eigenvalue weighted by atomic mass is 35.5. The molecule has 0 aliphatic carbocycles. The summed E-state index contributed by atoms with van der Waals surface area (Å²) in [4.78, 5) is 32.2. The Kier molecular flexibility index (Phi) is 5.54. The third-order valence-electron chi connectivity index (χ3n) is 4.53. The molecule has 1 unspecified atom stereocenters. The molecule has 0 radical (unpaired) electrons. The number of hydrogen-bond donors (Lipinski definition) is 0. The Bertz CT molecular complexity index is 1290. The number of hydrogen-bond acceptors (Lipinski definition) is 6. The quantitative estimate of drug-likeness (QED) is 0.578. The predicted molar refractivity (Wildman–Crippen MR) is 116 cm³/mol. The first-order valence-corrected chi connectivity index (χ1v) is 11.1. The molecule has 1 aliphatic heterocycles. The lowest BCUT2D eigenvalue weighted by Gasteiger charge is -2.25. The van der Waals surface area contributed by atoms with E-state index < -0.39 is 12.0 Å². The highest BCUT2D eigenvalue weighted by molar-refractivity contribution is 7.11. The van der Waals surface area contributed by atoms with Crippen LogP contribution in [0, 0.1) is 0 Å². The number of thiazole rings is 1. The van der Waals surface area contributed by atoms with Crippen LogP contribution in [0.5, 0.6) is 0 Å². The molecule has 0 saturated carbocycles. The first kappa shape index (κ1) is 19.8. The summed E-state index contributed by atoms with van der Waals surface area (Å²) in [5, 5.41) is 2.43. The molecule has 8 heteroatoms. The number of fused-ring (bicyclic) bond motifs is 1. The number of ether oxygens (including phenoxy) is 1. The first-order valence-electron chi connectivity index (χ1n) is 8.99. The molecule has 1 aliphatic rings. The number of allylic oxidation sites excluding steroid dienone is 1. The van der Waals surface area contributed by atoms with Crippen molar-refractivity contribution >= 4 is 46.3 Å². The first-order chi connectivity index (χ1) is 14.0. The number of rotatable bonds is 4. The summed E-state index contributed by atoms with van der Waals surface area (Å²) in [6.45, 7) is 3.73. The van der Waals surface area contributed by atoms with Gasteiger partial charge in [0.1, 0.15) is 6.04 Å². The van der Waals surface area contributed by atoms with Gasteiger partial charge in [-0.15, -0.1) is 11.3 Å². The third kappa shape index (κ3) is 3.61. The average Bonchev–Trinajstić information content (AvgIpc) is 3.30. The van der Waals surface area contributed by atoms with Crippen molar-refractivity contribution in [2.75, 3.05) is 6.61 Å². The van der Waals surface area contributed by atoms with E-state index >= 15 is 0 Å². The lowest BCUT2D eigenvalue weighted by molar-refractivity contribution is -0.139. The van der Waals surface area contributed by atoms with Crippen molar-refractivity contribution in [2.24, 2.45) is 4.99 Å². The topological polar surface area (TPSA) is 60.7 Å². The van der Waals surface area contributed by atoms with Crippen LogP contribution in [0.3, 0.4) is 0 Å². The molecule has 3 heterocycles. The van der Waals surface area contributed by atoms with Gasteiger partial charge in [-0.05, 0) is 43.0 Å². The number of halogens is 1. The maximum absolute atomic E-state index is 13.3. The molecule has 0 bridgehead atoms. The SMILES string of the molecule is CCOC(=O)C1=C(C)N=c2s/c(=C/c3cccs3)c(=O)n2C1c1ccccc1Cl. The Morgan fingerprint density at radius 2 is 2.10 bits per heavy atom. The molecule has 0 spiro atoms. The highest BCUT2D eigenvalue weighted by Gasteiger charge is 2.34. The fourth-order valence-electron chi connectivity index (χ4n) is 3.29. The van der Waals surface area contributed by atoms with E-state index in [-0.39, 0.29) is 12.2 Å². The second-order valence-corrected chi connectivity index (χ2v) is 8.73. The van der Waals surface area contributed by atoms with Gasteiger partial charge >= 0.3 is 5.97 Å². The maximum atomic E-state index is 13.3. The summed E-state index contributed by atoms with van der Waals surface area (Å²) in [5.74, 6) is -0.494. The monoisotopic (exact) mass is 444 g/mol. The van der Waals surface area contributed by atoms with Gasteiger partial charge in [0.2, 0.25) is 0 Å². The molecule has 2 aromatic heterocycles. The normalized spacial score (nSPS) is 16.5. The lowest BCUT2D eigenvalue weighted by Crippen LogP contribution is -2.40. The third-order valence-corrected chi connectivity index (χ3v) is 6.68. The van der Waals surface area contributed by atoms with E-state index in [1.165, 1.54) is 11.3 Å². The van der Waals surface area contributed by atoms with Crippen LogP contribution >= 0.6 is 34.3 Å². The summed E-state index contributed by atoms with van der Waals surface area (Å²) < 4.78 is 7.38. The van der Waals surface area contributed by atoms with Gasteiger partial charge in [0, 0.05) is 9.90 Å². The molecule has 0 N–H and O–H groups in total. The maximum Gasteiger partial charge on any atom is 0.338 e. The Labute approximate surface area is 179 Å². The van der Waals surface area contributed by atoms with Gasteiger partial charge in [-0.3, -0.25) is 9.36 Å². The number of benzene rings is 1. The highest BCUT2D eigenvalue weighted by Crippen LogP contribution is 2.34. The van der Waals surface area contributed by atoms with Gasteiger partial charge in [-0.2, -0.15) is 0 Å². The Hall–Kier alpha value is -2.48. The van der Waals surface area contributed by atoms with Crippen LogP contribution in [0.4, 0.5) is 0 Å². The fourth-order valence-corrected chi connectivity index (χ4v) is 5.29. The van der Waals surface area contributed by atoms with Crippen LogP contribution < -0.4 is 14.9 Å². The molecule has 3 aromatic rings. The number of thiophene rings is 1. The molecule has 0 amide bonds. The zero-order valence-electron chi connectivity index (χ0n) is 15.7. The van der Waals surface area contributed by atoms with Crippen molar-refractivity contribution in [3.05, 3.63) is 88.2 Å². The molecular formula is C21H17ClN2O3S2. The Balaban J connectivity index is 2.00. The van der Waals surface area contributed by atoms with E-state index in [1.54, 1.807) is 35.8 Å². The van der Waals surface area contributed by atoms with Gasteiger partial charge in [0.05, 0.1) is 22.4 Å². The summed E-state index contributed by atoms with van der Waals surface area (Å²) in [5.41, 5.74) is 1.31. The minimum atomic E-state index is -0.690. The molecule has 0 saturated heterocycles. The predicted octanol–water partition coefficient (Wildman–Crippen LogP) is 3.51. The van der Waals surface area contributed by atoms with E-state index in [4.69, 9.17) is 16.3 Å². The summed E-state index contributed by atoms with van der Waals surface area (Å²) in [6, 6.07) is 10.4. The van der Waals surface area contributed by atoms with Gasteiger partial charge in [0.25, 0.3) is 5.56 Å². The summed E-state index contributed by atoms with van der Waals surface area (Å²) >= 11 is 9.32. The second-order valence-electron chi connectivity index (χ2n) is 6.34. The van der Waals surface area contributed by atoms with Gasteiger partial charge in [0.15, 0.2) is 4.80 Å². The zero-order chi connectivity index (χ0) is 20.5. The molecule has 148 valence electrons. The number of carbonyl (C=O) groups is 1. The molecule has 1 aromatic carbocycles. The van der Waals surface area contributed by atoms with Crippen molar-refractivity contribution in [3.8, 4) is 0 Å². The van der Waals surface area contributed by atoms with E-state index in [1.807, 2.05) is 41.8 Å². The van der Waals surface area contributed by atoms with E-state index in [9.17, 15) is 9.59 Å². The summed E-state index contributed by atoms with van der Waals surface area (Å²) in [7, 11) is 0. The van der Waals surface area contributed by atoms with Gasteiger partial charge < -0.3 is 4.74 Å². The van der Waals surface area contributed by atoms with Gasteiger partial charge in [-0.25, -0.2) is 9.79 Å². The van der Waals surface area contributed by atoms with E-state index in [2.05, 4.69) is 4.99 Å². The molecule has 0 fully saturated rings. The molecule has 5 nitrogen and oxygen atoms in total. The van der Waals surface area contributed by atoms with Crippen molar-refractivity contribution in [1.82, 2.24) is 4.57 Å².